The van der Waals surface area contributed by atoms with Gasteiger partial charge in [0.05, 0.1) is 12.0 Å². The largest absolute Gasteiger partial charge is 0.340 e. The van der Waals surface area contributed by atoms with Gasteiger partial charge in [0.15, 0.2) is 5.82 Å². The SMILES string of the molecule is O=C(CN1CCCCCC1)N1C[C@H]2CCC[C@@]2(c2noc(-c3ccccc3)n2)C1. The molecule has 0 bridgehead atoms. The lowest BCUT2D eigenvalue weighted by molar-refractivity contribution is -0.131. The lowest BCUT2D eigenvalue weighted by Gasteiger charge is -2.26. The number of hydrogen-bond donors (Lipinski definition) is 0. The first kappa shape index (κ1) is 18.8. The molecule has 2 aromatic rings. The van der Waals surface area contributed by atoms with Gasteiger partial charge < -0.3 is 9.42 Å². The number of nitrogens with zero attached hydrogens (tertiary/aromatic N) is 4. The van der Waals surface area contributed by atoms with E-state index in [0.29, 0.717) is 18.4 Å². The maximum atomic E-state index is 13.1. The van der Waals surface area contributed by atoms with Crippen LogP contribution in [-0.2, 0) is 10.2 Å². The van der Waals surface area contributed by atoms with Gasteiger partial charge in [-0.05, 0) is 56.8 Å². The Morgan fingerprint density at radius 2 is 1.90 bits per heavy atom. The number of likely N-dealkylation sites (tertiary alicyclic amines) is 2. The van der Waals surface area contributed by atoms with Crippen LogP contribution in [0.2, 0.25) is 0 Å². The summed E-state index contributed by atoms with van der Waals surface area (Å²) in [5.41, 5.74) is 0.814. The molecule has 3 fully saturated rings. The molecular formula is C23H30N4O2. The van der Waals surface area contributed by atoms with Crippen molar-refractivity contribution in [1.82, 2.24) is 19.9 Å². The summed E-state index contributed by atoms with van der Waals surface area (Å²) in [5.74, 6) is 2.09. The number of amides is 1. The average molecular weight is 395 g/mol. The van der Waals surface area contributed by atoms with Crippen LogP contribution in [0.1, 0.15) is 50.8 Å². The molecule has 5 rings (SSSR count). The Labute approximate surface area is 172 Å². The maximum Gasteiger partial charge on any atom is 0.257 e. The summed E-state index contributed by atoms with van der Waals surface area (Å²) in [4.78, 5) is 22.3. The van der Waals surface area contributed by atoms with E-state index in [1.54, 1.807) is 0 Å². The van der Waals surface area contributed by atoms with Crippen LogP contribution in [0, 0.1) is 5.92 Å². The molecule has 6 heteroatoms. The molecule has 1 amide bonds. The third-order valence-corrected chi connectivity index (χ3v) is 7.17. The number of rotatable bonds is 4. The van der Waals surface area contributed by atoms with E-state index >= 15 is 0 Å². The first-order valence-electron chi connectivity index (χ1n) is 11.1. The van der Waals surface area contributed by atoms with E-state index in [0.717, 1.165) is 50.4 Å². The van der Waals surface area contributed by atoms with Crippen LogP contribution in [-0.4, -0.2) is 58.6 Å². The van der Waals surface area contributed by atoms with Crippen molar-refractivity contribution >= 4 is 5.91 Å². The molecule has 3 heterocycles. The molecule has 1 aromatic carbocycles. The third kappa shape index (κ3) is 3.59. The summed E-state index contributed by atoms with van der Waals surface area (Å²) >= 11 is 0. The molecule has 2 saturated heterocycles. The predicted octanol–water partition coefficient (Wildman–Crippen LogP) is 3.49. The van der Waals surface area contributed by atoms with E-state index in [4.69, 9.17) is 9.51 Å². The third-order valence-electron chi connectivity index (χ3n) is 7.17. The highest BCUT2D eigenvalue weighted by Gasteiger charge is 2.54. The molecule has 0 spiro atoms. The van der Waals surface area contributed by atoms with E-state index in [2.05, 4.69) is 15.0 Å². The van der Waals surface area contributed by atoms with Crippen LogP contribution in [0.5, 0.6) is 0 Å². The summed E-state index contributed by atoms with van der Waals surface area (Å²) in [6.45, 7) is 4.24. The van der Waals surface area contributed by atoms with E-state index < -0.39 is 0 Å². The second-order valence-electron chi connectivity index (χ2n) is 9.00. The van der Waals surface area contributed by atoms with E-state index in [1.807, 2.05) is 30.3 Å². The number of fused-ring (bicyclic) bond motifs is 1. The molecule has 1 aromatic heterocycles. The second kappa shape index (κ2) is 7.90. The van der Waals surface area contributed by atoms with Crippen molar-refractivity contribution in [2.45, 2.75) is 50.4 Å². The normalized spacial score (nSPS) is 27.7. The van der Waals surface area contributed by atoms with Gasteiger partial charge in [-0.3, -0.25) is 9.69 Å². The summed E-state index contributed by atoms with van der Waals surface area (Å²) in [5, 5.41) is 4.40. The maximum absolute atomic E-state index is 13.1. The minimum absolute atomic E-state index is 0.134. The molecular weight excluding hydrogens is 364 g/mol. The lowest BCUT2D eigenvalue weighted by atomic mass is 9.80. The fourth-order valence-electron chi connectivity index (χ4n) is 5.55. The number of benzene rings is 1. The fraction of sp³-hybridized carbons (Fsp3) is 0.609. The molecule has 1 saturated carbocycles. The van der Waals surface area contributed by atoms with Gasteiger partial charge in [0.2, 0.25) is 5.91 Å². The van der Waals surface area contributed by atoms with Crippen LogP contribution >= 0.6 is 0 Å². The van der Waals surface area contributed by atoms with Gasteiger partial charge in [0.25, 0.3) is 5.89 Å². The molecule has 3 aliphatic rings. The smallest absolute Gasteiger partial charge is 0.257 e. The molecule has 1 aliphatic carbocycles. The Kier molecular flexibility index (Phi) is 5.12. The van der Waals surface area contributed by atoms with Gasteiger partial charge in [0.1, 0.15) is 0 Å². The van der Waals surface area contributed by atoms with Crippen LogP contribution in [0.25, 0.3) is 11.5 Å². The lowest BCUT2D eigenvalue weighted by Crippen LogP contribution is -2.41. The van der Waals surface area contributed by atoms with Gasteiger partial charge in [-0.15, -0.1) is 0 Å². The number of aromatic nitrogens is 2. The summed E-state index contributed by atoms with van der Waals surface area (Å²) in [6.07, 6.45) is 8.37. The molecule has 0 radical (unpaired) electrons. The highest BCUT2D eigenvalue weighted by Crippen LogP contribution is 2.49. The monoisotopic (exact) mass is 394 g/mol. The molecule has 29 heavy (non-hydrogen) atoms. The summed E-state index contributed by atoms with van der Waals surface area (Å²) in [6, 6.07) is 9.93. The van der Waals surface area contributed by atoms with Crippen LogP contribution in [0.3, 0.4) is 0 Å². The summed E-state index contributed by atoms with van der Waals surface area (Å²) < 4.78 is 5.62. The number of carbonyl (C=O) groups excluding carboxylic acids is 1. The Bertz CT molecular complexity index is 844. The Balaban J connectivity index is 1.32. The Morgan fingerprint density at radius 3 is 2.69 bits per heavy atom. The highest BCUT2D eigenvalue weighted by atomic mass is 16.5. The first-order valence-corrected chi connectivity index (χ1v) is 11.1. The van der Waals surface area contributed by atoms with Crippen molar-refractivity contribution in [2.24, 2.45) is 5.92 Å². The molecule has 154 valence electrons. The minimum Gasteiger partial charge on any atom is -0.340 e. The Hall–Kier alpha value is -2.21. The Morgan fingerprint density at radius 1 is 1.10 bits per heavy atom. The van der Waals surface area contributed by atoms with E-state index in [-0.39, 0.29) is 11.3 Å². The molecule has 0 N–H and O–H groups in total. The standard InChI is InChI=1S/C23H30N4O2/c28-20(16-26-13-6-1-2-7-14-26)27-15-19-11-8-12-23(19,17-27)22-24-21(29-25-22)18-9-4-3-5-10-18/h3-5,9-10,19H,1-2,6-8,11-17H2/t19-,23-/m1/s1. The quantitative estimate of drug-likeness (QED) is 0.794. The van der Waals surface area contributed by atoms with Gasteiger partial charge in [-0.1, -0.05) is 42.6 Å². The van der Waals surface area contributed by atoms with E-state index in [1.165, 1.54) is 32.1 Å². The molecule has 0 unspecified atom stereocenters. The zero-order valence-corrected chi connectivity index (χ0v) is 17.1. The molecule has 6 nitrogen and oxygen atoms in total. The van der Waals surface area contributed by atoms with Crippen molar-refractivity contribution in [2.75, 3.05) is 32.7 Å². The molecule has 2 atom stereocenters. The van der Waals surface area contributed by atoms with Crippen molar-refractivity contribution in [1.29, 1.82) is 0 Å². The van der Waals surface area contributed by atoms with Crippen molar-refractivity contribution < 1.29 is 9.32 Å². The zero-order valence-electron chi connectivity index (χ0n) is 17.1. The van der Waals surface area contributed by atoms with Crippen molar-refractivity contribution in [3.05, 3.63) is 36.2 Å². The number of hydrogen-bond acceptors (Lipinski definition) is 5. The summed E-state index contributed by atoms with van der Waals surface area (Å²) in [7, 11) is 0. The van der Waals surface area contributed by atoms with Gasteiger partial charge in [-0.25, -0.2) is 0 Å². The van der Waals surface area contributed by atoms with Crippen LogP contribution in [0.15, 0.2) is 34.9 Å². The fourth-order valence-corrected chi connectivity index (χ4v) is 5.55. The number of carbonyl (C=O) groups is 1. The van der Waals surface area contributed by atoms with Gasteiger partial charge in [-0.2, -0.15) is 4.98 Å². The zero-order chi connectivity index (χ0) is 19.7. The average Bonchev–Trinajstić information content (AvgIpc) is 3.40. The van der Waals surface area contributed by atoms with E-state index in [9.17, 15) is 4.79 Å². The van der Waals surface area contributed by atoms with Crippen molar-refractivity contribution in [3.63, 3.8) is 0 Å². The van der Waals surface area contributed by atoms with Gasteiger partial charge in [0, 0.05) is 18.7 Å². The second-order valence-corrected chi connectivity index (χ2v) is 9.00. The predicted molar refractivity (Wildman–Crippen MR) is 110 cm³/mol. The minimum atomic E-state index is -0.134. The highest BCUT2D eigenvalue weighted by molar-refractivity contribution is 5.79. The van der Waals surface area contributed by atoms with Crippen LogP contribution < -0.4 is 0 Å². The first-order chi connectivity index (χ1) is 14.2. The van der Waals surface area contributed by atoms with Crippen molar-refractivity contribution in [3.8, 4) is 11.5 Å². The molecule has 2 aliphatic heterocycles. The van der Waals surface area contributed by atoms with Crippen LogP contribution in [0.4, 0.5) is 0 Å². The van der Waals surface area contributed by atoms with Gasteiger partial charge >= 0.3 is 0 Å². The topological polar surface area (TPSA) is 62.5 Å².